The molecule has 1 aliphatic rings. The maximum Gasteiger partial charge on any atom is 0.227 e. The highest BCUT2D eigenvalue weighted by Gasteiger charge is 2.35. The van der Waals surface area contributed by atoms with Crippen molar-refractivity contribution in [3.05, 3.63) is 205 Å². The number of hydrogen-bond donors (Lipinski definition) is 0. The Bertz CT molecular complexity index is 3120. The minimum Gasteiger partial charge on any atom is -0.436 e. The predicted octanol–water partition coefficient (Wildman–Crippen LogP) is 14.9. The van der Waals surface area contributed by atoms with E-state index >= 15 is 0 Å². The number of rotatable bonds is 6. The van der Waals surface area contributed by atoms with Gasteiger partial charge in [-0.2, -0.15) is 0 Å². The van der Waals surface area contributed by atoms with Crippen LogP contribution < -0.4 is 4.90 Å². The molecule has 0 unspecified atom stereocenters. The average Bonchev–Trinajstić information content (AvgIpc) is 3.81. The van der Waals surface area contributed by atoms with Crippen molar-refractivity contribution in [2.24, 2.45) is 0 Å². The van der Waals surface area contributed by atoms with E-state index in [-0.39, 0.29) is 5.41 Å². The summed E-state index contributed by atoms with van der Waals surface area (Å²) in [6, 6.07) is 69.8. The van der Waals surface area contributed by atoms with Gasteiger partial charge in [0.1, 0.15) is 5.52 Å². The third kappa shape index (κ3) is 5.46. The van der Waals surface area contributed by atoms with E-state index in [0.29, 0.717) is 5.89 Å². The predicted molar refractivity (Wildman–Crippen MR) is 238 cm³/mol. The normalized spacial score (nSPS) is 12.9. The smallest absolute Gasteiger partial charge is 0.227 e. The van der Waals surface area contributed by atoms with E-state index in [1.807, 2.05) is 36.4 Å². The first-order valence-electron chi connectivity index (χ1n) is 19.6. The van der Waals surface area contributed by atoms with Gasteiger partial charge in [0.25, 0.3) is 0 Å². The summed E-state index contributed by atoms with van der Waals surface area (Å²) in [6.45, 7) is 4.69. The van der Waals surface area contributed by atoms with Gasteiger partial charge in [-0.3, -0.25) is 0 Å². The fourth-order valence-electron chi connectivity index (χ4n) is 8.93. The molecule has 0 atom stereocenters. The third-order valence-electron chi connectivity index (χ3n) is 11.9. The zero-order chi connectivity index (χ0) is 38.1. The lowest BCUT2D eigenvalue weighted by Gasteiger charge is -2.28. The molecule has 0 N–H and O–H groups in total. The SMILES string of the molecule is CC1(C)c2ccccc2-c2ccc(N(c3ccc(-c4ccccc4)cc3)c3ccc(-c4ccc5ccc6ccc7oc(-c8ccccc8)nc7c6c5c4)cc3)cc21. The zero-order valence-electron chi connectivity index (χ0n) is 31.8. The Morgan fingerprint density at radius 3 is 1.72 bits per heavy atom. The summed E-state index contributed by atoms with van der Waals surface area (Å²) in [7, 11) is 0. The van der Waals surface area contributed by atoms with Crippen LogP contribution in [0.5, 0.6) is 0 Å². The van der Waals surface area contributed by atoms with Gasteiger partial charge in [-0.1, -0.05) is 147 Å². The molecule has 0 radical (unpaired) electrons. The molecule has 0 saturated carbocycles. The van der Waals surface area contributed by atoms with Gasteiger partial charge in [-0.25, -0.2) is 4.98 Å². The van der Waals surface area contributed by atoms with Gasteiger partial charge in [-0.05, 0) is 121 Å². The van der Waals surface area contributed by atoms with Crippen molar-refractivity contribution in [3.63, 3.8) is 0 Å². The molecule has 57 heavy (non-hydrogen) atoms. The molecule has 9 aromatic carbocycles. The molecule has 3 heteroatoms. The number of aromatic nitrogens is 1. The van der Waals surface area contributed by atoms with Crippen LogP contribution in [0.1, 0.15) is 25.0 Å². The van der Waals surface area contributed by atoms with Crippen LogP contribution in [-0.2, 0) is 5.41 Å². The fourth-order valence-corrected chi connectivity index (χ4v) is 8.93. The van der Waals surface area contributed by atoms with Gasteiger partial charge in [0, 0.05) is 33.4 Å². The third-order valence-corrected chi connectivity index (χ3v) is 11.9. The zero-order valence-corrected chi connectivity index (χ0v) is 31.8. The maximum absolute atomic E-state index is 6.30. The molecular weight excluding hydrogens is 693 g/mol. The Morgan fingerprint density at radius 2 is 0.982 bits per heavy atom. The molecule has 1 aromatic heterocycles. The van der Waals surface area contributed by atoms with E-state index in [1.165, 1.54) is 38.8 Å². The molecule has 1 aliphatic carbocycles. The molecule has 270 valence electrons. The number of nitrogens with zero attached hydrogens (tertiary/aromatic N) is 2. The Labute approximate surface area is 332 Å². The number of oxazole rings is 1. The molecule has 0 spiro atoms. The van der Waals surface area contributed by atoms with E-state index in [0.717, 1.165) is 61.0 Å². The van der Waals surface area contributed by atoms with Gasteiger partial charge in [-0.15, -0.1) is 0 Å². The lowest BCUT2D eigenvalue weighted by Crippen LogP contribution is -2.16. The lowest BCUT2D eigenvalue weighted by atomic mass is 9.82. The summed E-state index contributed by atoms with van der Waals surface area (Å²) < 4.78 is 6.30. The second kappa shape index (κ2) is 12.9. The average molecular weight is 731 g/mol. The molecule has 0 fully saturated rings. The van der Waals surface area contributed by atoms with Gasteiger partial charge in [0.2, 0.25) is 5.89 Å². The van der Waals surface area contributed by atoms with Crippen LogP contribution in [-0.4, -0.2) is 4.98 Å². The number of hydrogen-bond acceptors (Lipinski definition) is 3. The maximum atomic E-state index is 6.30. The summed E-state index contributed by atoms with van der Waals surface area (Å²) in [6.07, 6.45) is 0. The van der Waals surface area contributed by atoms with Crippen LogP contribution in [0, 0.1) is 0 Å². The van der Waals surface area contributed by atoms with Crippen molar-refractivity contribution in [3.8, 4) is 44.8 Å². The van der Waals surface area contributed by atoms with Crippen LogP contribution in [0.4, 0.5) is 17.1 Å². The minimum absolute atomic E-state index is 0.102. The summed E-state index contributed by atoms with van der Waals surface area (Å²) in [5.41, 5.74) is 16.0. The first kappa shape index (κ1) is 33.1. The number of anilines is 3. The summed E-state index contributed by atoms with van der Waals surface area (Å²) in [4.78, 5) is 7.43. The molecule has 3 nitrogen and oxygen atoms in total. The number of benzene rings is 9. The van der Waals surface area contributed by atoms with E-state index in [2.05, 4.69) is 176 Å². The molecule has 0 amide bonds. The second-order valence-electron chi connectivity index (χ2n) is 15.6. The molecule has 10 aromatic rings. The van der Waals surface area contributed by atoms with Crippen molar-refractivity contribution >= 4 is 49.7 Å². The fraction of sp³-hybridized carbons (Fsp3) is 0.0556. The molecular formula is C54H38N2O. The van der Waals surface area contributed by atoms with Crippen molar-refractivity contribution < 1.29 is 4.42 Å². The van der Waals surface area contributed by atoms with Crippen LogP contribution in [0.25, 0.3) is 77.5 Å². The Hall–Kier alpha value is -7.23. The standard InChI is InChI=1S/C54H38N2O/c1-54(2)48-16-10-9-15-45(48)46-31-30-44(34-49(46)54)56(42-26-21-36(22-27-42)35-11-5-3-6-12-35)43-28-23-37(24-29-43)41-20-18-38-17-19-39-25-32-50-52(51(39)47(38)33-41)55-53(57-50)40-13-7-4-8-14-40/h3-34H,1-2H3. The summed E-state index contributed by atoms with van der Waals surface area (Å²) in [5, 5.41) is 4.59. The quantitative estimate of drug-likeness (QED) is 0.160. The van der Waals surface area contributed by atoms with Gasteiger partial charge in [0.05, 0.1) is 0 Å². The largest absolute Gasteiger partial charge is 0.436 e. The highest BCUT2D eigenvalue weighted by atomic mass is 16.3. The Kier molecular flexibility index (Phi) is 7.52. The summed E-state index contributed by atoms with van der Waals surface area (Å²) in [5.74, 6) is 0.637. The van der Waals surface area contributed by atoms with Crippen LogP contribution in [0.2, 0.25) is 0 Å². The van der Waals surface area contributed by atoms with Gasteiger partial charge < -0.3 is 9.32 Å². The molecule has 0 saturated heterocycles. The van der Waals surface area contributed by atoms with Crippen molar-refractivity contribution in [2.75, 3.05) is 4.90 Å². The number of fused-ring (bicyclic) bond motifs is 8. The van der Waals surface area contributed by atoms with E-state index in [1.54, 1.807) is 0 Å². The second-order valence-corrected chi connectivity index (χ2v) is 15.6. The first-order valence-corrected chi connectivity index (χ1v) is 19.6. The Balaban J connectivity index is 1.01. The molecule has 0 bridgehead atoms. The molecule has 1 heterocycles. The highest BCUT2D eigenvalue weighted by molar-refractivity contribution is 6.19. The van der Waals surface area contributed by atoms with Crippen LogP contribution in [0.3, 0.4) is 0 Å². The van der Waals surface area contributed by atoms with E-state index in [4.69, 9.17) is 9.40 Å². The molecule has 0 aliphatic heterocycles. The lowest BCUT2D eigenvalue weighted by molar-refractivity contribution is 0.620. The first-order chi connectivity index (χ1) is 28.0. The van der Waals surface area contributed by atoms with E-state index in [9.17, 15) is 0 Å². The van der Waals surface area contributed by atoms with E-state index < -0.39 is 0 Å². The van der Waals surface area contributed by atoms with Crippen LogP contribution >= 0.6 is 0 Å². The van der Waals surface area contributed by atoms with Crippen molar-refractivity contribution in [2.45, 2.75) is 19.3 Å². The molecule has 11 rings (SSSR count). The Morgan fingerprint density at radius 1 is 0.439 bits per heavy atom. The summed E-state index contributed by atoms with van der Waals surface area (Å²) >= 11 is 0. The highest BCUT2D eigenvalue weighted by Crippen LogP contribution is 2.50. The van der Waals surface area contributed by atoms with Gasteiger partial charge in [0.15, 0.2) is 5.58 Å². The van der Waals surface area contributed by atoms with Crippen LogP contribution in [0.15, 0.2) is 199 Å². The topological polar surface area (TPSA) is 29.3 Å². The van der Waals surface area contributed by atoms with Gasteiger partial charge >= 0.3 is 0 Å². The monoisotopic (exact) mass is 730 g/mol. The minimum atomic E-state index is -0.102. The van der Waals surface area contributed by atoms with Crippen molar-refractivity contribution in [1.29, 1.82) is 0 Å². The van der Waals surface area contributed by atoms with Crippen molar-refractivity contribution in [1.82, 2.24) is 4.98 Å².